The van der Waals surface area contributed by atoms with E-state index >= 15 is 0 Å². The molecule has 0 amide bonds. The lowest BCUT2D eigenvalue weighted by Crippen LogP contribution is -2.50. The molecule has 0 aromatic rings. The molecule has 0 aromatic carbocycles. The zero-order chi connectivity index (χ0) is 19.9. The van der Waals surface area contributed by atoms with E-state index in [1.54, 1.807) is 0 Å². The summed E-state index contributed by atoms with van der Waals surface area (Å²) in [5, 5.41) is 10.0. The molecule has 4 nitrogen and oxygen atoms in total. The Hall–Kier alpha value is -0.393. The maximum absolute atomic E-state index is 12.0. The van der Waals surface area contributed by atoms with Gasteiger partial charge in [0.05, 0.1) is 6.10 Å². The molecule has 26 heavy (non-hydrogen) atoms. The minimum Gasteiger partial charge on any atom is -0.463 e. The summed E-state index contributed by atoms with van der Waals surface area (Å²) in [4.78, 5) is 12.0. The van der Waals surface area contributed by atoms with Gasteiger partial charge in [0, 0.05) is 18.9 Å². The highest BCUT2D eigenvalue weighted by atomic mass is 28.4. The van der Waals surface area contributed by atoms with Crippen LogP contribution in [0.5, 0.6) is 0 Å². The van der Waals surface area contributed by atoms with Gasteiger partial charge in [-0.2, -0.15) is 0 Å². The fraction of sp³-hybridized carbons (Fsp3) is 0.952. The fourth-order valence-electron chi connectivity index (χ4n) is 4.80. The molecule has 0 spiro atoms. The van der Waals surface area contributed by atoms with Crippen LogP contribution >= 0.6 is 0 Å². The van der Waals surface area contributed by atoms with Crippen molar-refractivity contribution in [1.82, 2.24) is 0 Å². The average molecular weight is 387 g/mol. The molecule has 1 fully saturated rings. The molecular formula is C21H42O4Si. The number of cyclic esters (lactones) is 1. The van der Waals surface area contributed by atoms with Gasteiger partial charge in [-0.1, -0.05) is 54.4 Å². The highest BCUT2D eigenvalue weighted by Gasteiger charge is 2.46. The maximum Gasteiger partial charge on any atom is 0.306 e. The van der Waals surface area contributed by atoms with Crippen LogP contribution in [0.3, 0.4) is 0 Å². The highest BCUT2D eigenvalue weighted by Crippen LogP contribution is 2.44. The van der Waals surface area contributed by atoms with E-state index in [0.717, 1.165) is 32.1 Å². The second-order valence-electron chi connectivity index (χ2n) is 9.07. The molecule has 5 heteroatoms. The molecular weight excluding hydrogens is 344 g/mol. The number of ether oxygens (including phenoxy) is 1. The predicted molar refractivity (Wildman–Crippen MR) is 110 cm³/mol. The van der Waals surface area contributed by atoms with E-state index in [1.165, 1.54) is 0 Å². The summed E-state index contributed by atoms with van der Waals surface area (Å²) in [5.41, 5.74) is 1.63. The number of hydrogen-bond donors (Lipinski definition) is 1. The average Bonchev–Trinajstić information content (AvgIpc) is 2.51. The van der Waals surface area contributed by atoms with Gasteiger partial charge in [0.2, 0.25) is 8.32 Å². The van der Waals surface area contributed by atoms with Crippen molar-refractivity contribution in [2.45, 2.75) is 128 Å². The summed E-state index contributed by atoms with van der Waals surface area (Å²) < 4.78 is 12.6. The molecule has 1 N–H and O–H groups in total. The predicted octanol–water partition coefficient (Wildman–Crippen LogP) is 5.58. The van der Waals surface area contributed by atoms with Crippen molar-refractivity contribution in [3.63, 3.8) is 0 Å². The number of carbonyl (C=O) groups is 1. The standard InChI is InChI=1S/C21H42O4Si/c1-15(2)26(16(3)4,17(5)6)25-20-11-9-8-10-19(22)12-13-21(23)24-18(7)14-20/h15-20,22H,8-14H2,1-7H3/t18-,19?,20?/m1/s1. The summed E-state index contributed by atoms with van der Waals surface area (Å²) in [5.74, 6) is -0.198. The quantitative estimate of drug-likeness (QED) is 0.495. The number of hydrogen-bond acceptors (Lipinski definition) is 4. The Labute approximate surface area is 162 Å². The van der Waals surface area contributed by atoms with Crippen LogP contribution in [0, 0.1) is 0 Å². The molecule has 1 aliphatic rings. The largest absolute Gasteiger partial charge is 0.463 e. The lowest BCUT2D eigenvalue weighted by molar-refractivity contribution is -0.150. The second-order valence-corrected chi connectivity index (χ2v) is 14.5. The number of carbonyl (C=O) groups excluding carboxylic acids is 1. The van der Waals surface area contributed by atoms with Crippen LogP contribution in [0.25, 0.3) is 0 Å². The van der Waals surface area contributed by atoms with E-state index in [9.17, 15) is 9.90 Å². The van der Waals surface area contributed by atoms with Crippen molar-refractivity contribution in [3.8, 4) is 0 Å². The Morgan fingerprint density at radius 3 is 2.08 bits per heavy atom. The van der Waals surface area contributed by atoms with Crippen molar-refractivity contribution >= 4 is 14.3 Å². The first-order valence-corrected chi connectivity index (χ1v) is 12.8. The van der Waals surface area contributed by atoms with Crippen LogP contribution in [0.2, 0.25) is 16.6 Å². The zero-order valence-electron chi connectivity index (χ0n) is 18.1. The number of esters is 1. The Kier molecular flexibility index (Phi) is 9.84. The Balaban J connectivity index is 2.95. The normalized spacial score (nSPS) is 27.3. The van der Waals surface area contributed by atoms with Crippen LogP contribution in [-0.2, 0) is 14.0 Å². The van der Waals surface area contributed by atoms with Crippen LogP contribution in [0.15, 0.2) is 0 Å². The first-order chi connectivity index (χ1) is 12.1. The Morgan fingerprint density at radius 1 is 1.00 bits per heavy atom. The van der Waals surface area contributed by atoms with Crippen LogP contribution in [-0.4, -0.2) is 37.7 Å². The fourth-order valence-corrected chi connectivity index (χ4v) is 10.4. The third kappa shape index (κ3) is 6.65. The maximum atomic E-state index is 12.0. The third-order valence-electron chi connectivity index (χ3n) is 6.00. The van der Waals surface area contributed by atoms with Gasteiger partial charge in [-0.05, 0) is 42.8 Å². The van der Waals surface area contributed by atoms with Crippen LogP contribution < -0.4 is 0 Å². The molecule has 3 atom stereocenters. The molecule has 0 aliphatic carbocycles. The lowest BCUT2D eigenvalue weighted by Gasteiger charge is -2.45. The van der Waals surface area contributed by atoms with Gasteiger partial charge in [-0.15, -0.1) is 0 Å². The smallest absolute Gasteiger partial charge is 0.306 e. The van der Waals surface area contributed by atoms with Gasteiger partial charge in [-0.3, -0.25) is 4.79 Å². The first-order valence-electron chi connectivity index (χ1n) is 10.6. The van der Waals surface area contributed by atoms with Crippen molar-refractivity contribution < 1.29 is 19.1 Å². The van der Waals surface area contributed by atoms with Gasteiger partial charge in [0.15, 0.2) is 0 Å². The van der Waals surface area contributed by atoms with Crippen LogP contribution in [0.4, 0.5) is 0 Å². The first kappa shape index (κ1) is 23.6. The lowest BCUT2D eigenvalue weighted by atomic mass is 10.0. The van der Waals surface area contributed by atoms with Gasteiger partial charge in [0.25, 0.3) is 0 Å². The summed E-state index contributed by atoms with van der Waals surface area (Å²) in [6, 6.07) is 0. The van der Waals surface area contributed by atoms with E-state index in [1.807, 2.05) is 6.92 Å². The highest BCUT2D eigenvalue weighted by molar-refractivity contribution is 6.77. The molecule has 2 unspecified atom stereocenters. The molecule has 1 heterocycles. The van der Waals surface area contributed by atoms with E-state index in [-0.39, 0.29) is 18.2 Å². The van der Waals surface area contributed by atoms with Crippen molar-refractivity contribution in [3.05, 3.63) is 0 Å². The number of rotatable bonds is 5. The third-order valence-corrected chi connectivity index (χ3v) is 12.2. The van der Waals surface area contributed by atoms with Crippen LogP contribution in [0.1, 0.15) is 93.4 Å². The molecule has 1 saturated heterocycles. The SMILES string of the molecule is CC(C)[Si](OC1CCCCC(O)CCC(=O)O[C@H](C)C1)(C(C)C)C(C)C. The van der Waals surface area contributed by atoms with E-state index in [4.69, 9.17) is 9.16 Å². The number of aliphatic hydroxyl groups excluding tert-OH is 1. The van der Waals surface area contributed by atoms with Crippen molar-refractivity contribution in [1.29, 1.82) is 0 Å². The molecule has 0 radical (unpaired) electrons. The summed E-state index contributed by atoms with van der Waals surface area (Å²) in [6.07, 6.45) is 4.98. The van der Waals surface area contributed by atoms with E-state index in [2.05, 4.69) is 41.5 Å². The zero-order valence-corrected chi connectivity index (χ0v) is 19.1. The van der Waals surface area contributed by atoms with Crippen molar-refractivity contribution in [2.75, 3.05) is 0 Å². The van der Waals surface area contributed by atoms with Crippen molar-refractivity contribution in [2.24, 2.45) is 0 Å². The summed E-state index contributed by atoms with van der Waals surface area (Å²) in [6.45, 7) is 15.8. The second kappa shape index (κ2) is 10.8. The molecule has 1 aliphatic heterocycles. The summed E-state index contributed by atoms with van der Waals surface area (Å²) in [7, 11) is -1.96. The minimum atomic E-state index is -1.96. The van der Waals surface area contributed by atoms with E-state index in [0.29, 0.717) is 29.5 Å². The number of aliphatic hydroxyl groups is 1. The topological polar surface area (TPSA) is 55.8 Å². The molecule has 0 saturated carbocycles. The van der Waals surface area contributed by atoms with E-state index < -0.39 is 14.4 Å². The molecule has 0 bridgehead atoms. The minimum absolute atomic E-state index is 0.133. The monoisotopic (exact) mass is 386 g/mol. The molecule has 0 aromatic heterocycles. The van der Waals surface area contributed by atoms with Gasteiger partial charge >= 0.3 is 5.97 Å². The molecule has 1 rings (SSSR count). The van der Waals surface area contributed by atoms with Gasteiger partial charge < -0.3 is 14.3 Å². The summed E-state index contributed by atoms with van der Waals surface area (Å²) >= 11 is 0. The van der Waals surface area contributed by atoms with Gasteiger partial charge in [0.1, 0.15) is 6.10 Å². The Bertz CT molecular complexity index is 400. The Morgan fingerprint density at radius 2 is 1.54 bits per heavy atom. The van der Waals surface area contributed by atoms with Gasteiger partial charge in [-0.25, -0.2) is 0 Å². The molecule has 154 valence electrons.